The average Bonchev–Trinajstić information content (AvgIpc) is 2.64. The molecule has 2 aromatic carbocycles. The molecule has 0 unspecified atom stereocenters. The van der Waals surface area contributed by atoms with Crippen LogP contribution >= 0.6 is 0 Å². The van der Waals surface area contributed by atoms with Gasteiger partial charge in [-0.3, -0.25) is 0 Å². The Balaban J connectivity index is 1.76. The van der Waals surface area contributed by atoms with Crippen molar-refractivity contribution in [3.8, 4) is 16.9 Å². The van der Waals surface area contributed by atoms with E-state index in [0.717, 1.165) is 28.5 Å². The number of allylic oxidation sites excluding steroid dienone is 4. The number of benzene rings is 2. The second-order valence-electron chi connectivity index (χ2n) is 5.57. The summed E-state index contributed by atoms with van der Waals surface area (Å²) in [7, 11) is 0. The molecule has 0 aromatic heterocycles. The van der Waals surface area contributed by atoms with E-state index in [4.69, 9.17) is 9.84 Å². The van der Waals surface area contributed by atoms with E-state index >= 15 is 0 Å². The molecule has 3 rings (SSSR count). The number of rotatable bonds is 5. The molecule has 0 bridgehead atoms. The van der Waals surface area contributed by atoms with Gasteiger partial charge in [-0.2, -0.15) is 0 Å². The van der Waals surface area contributed by atoms with Crippen molar-refractivity contribution >= 4 is 12.0 Å². The molecule has 3 nitrogen and oxygen atoms in total. The van der Waals surface area contributed by atoms with E-state index < -0.39 is 5.97 Å². The largest absolute Gasteiger partial charge is 0.488 e. The third-order valence-corrected chi connectivity index (χ3v) is 3.73. The lowest BCUT2D eigenvalue weighted by Crippen LogP contribution is -2.05. The van der Waals surface area contributed by atoms with Gasteiger partial charge in [-0.05, 0) is 34.9 Å². The Morgan fingerprint density at radius 2 is 1.76 bits per heavy atom. The Morgan fingerprint density at radius 1 is 0.960 bits per heavy atom. The lowest BCUT2D eigenvalue weighted by Gasteiger charge is -2.17. The molecule has 0 saturated heterocycles. The van der Waals surface area contributed by atoms with Crippen LogP contribution < -0.4 is 4.74 Å². The molecule has 0 spiro atoms. The smallest absolute Gasteiger partial charge is 0.328 e. The second kappa shape index (κ2) is 7.97. The lowest BCUT2D eigenvalue weighted by molar-refractivity contribution is -0.131. The van der Waals surface area contributed by atoms with Gasteiger partial charge < -0.3 is 9.84 Å². The summed E-state index contributed by atoms with van der Waals surface area (Å²) < 4.78 is 5.80. The Hall–Kier alpha value is -3.33. The van der Waals surface area contributed by atoms with E-state index in [-0.39, 0.29) is 0 Å². The SMILES string of the molecule is O=C(O)C=CC=CC=CC1=Cc2cc(-c3ccccc3)ccc2OC1. The molecule has 2 aromatic rings. The van der Waals surface area contributed by atoms with Crippen LogP contribution in [-0.4, -0.2) is 17.7 Å². The summed E-state index contributed by atoms with van der Waals surface area (Å²) in [6.07, 6.45) is 12.0. The van der Waals surface area contributed by atoms with Crippen molar-refractivity contribution < 1.29 is 14.6 Å². The molecular weight excluding hydrogens is 312 g/mol. The van der Waals surface area contributed by atoms with Gasteiger partial charge in [0.15, 0.2) is 0 Å². The third kappa shape index (κ3) is 4.58. The minimum atomic E-state index is -0.956. The molecule has 1 aliphatic heterocycles. The topological polar surface area (TPSA) is 46.5 Å². The standard InChI is InChI=1S/C22H18O3/c23-22(24)11-7-2-1-4-8-17-14-20-15-19(12-13-21(20)25-16-17)18-9-5-3-6-10-18/h1-15H,16H2,(H,23,24). The number of carbonyl (C=O) groups is 1. The lowest BCUT2D eigenvalue weighted by atomic mass is 10.00. The van der Waals surface area contributed by atoms with E-state index in [2.05, 4.69) is 30.3 Å². The Bertz CT molecular complexity index is 871. The molecule has 0 amide bonds. The molecule has 1 aliphatic rings. The van der Waals surface area contributed by atoms with Gasteiger partial charge in [-0.1, -0.05) is 66.8 Å². The first kappa shape index (κ1) is 16.5. The zero-order valence-electron chi connectivity index (χ0n) is 13.6. The molecule has 124 valence electrons. The first-order chi connectivity index (χ1) is 12.2. The van der Waals surface area contributed by atoms with Crippen molar-refractivity contribution in [3.05, 3.63) is 96.1 Å². The molecule has 0 saturated carbocycles. The molecule has 25 heavy (non-hydrogen) atoms. The molecular formula is C22H18O3. The van der Waals surface area contributed by atoms with Gasteiger partial charge in [-0.15, -0.1) is 0 Å². The van der Waals surface area contributed by atoms with Gasteiger partial charge in [-0.25, -0.2) is 4.79 Å². The van der Waals surface area contributed by atoms with Crippen molar-refractivity contribution in [2.75, 3.05) is 6.61 Å². The average molecular weight is 330 g/mol. The highest BCUT2D eigenvalue weighted by atomic mass is 16.5. The predicted molar refractivity (Wildman–Crippen MR) is 100 cm³/mol. The minimum absolute atomic E-state index is 0.521. The summed E-state index contributed by atoms with van der Waals surface area (Å²) in [5.41, 5.74) is 4.45. The van der Waals surface area contributed by atoms with E-state index in [1.54, 1.807) is 12.2 Å². The van der Waals surface area contributed by atoms with Crippen LogP contribution in [0.4, 0.5) is 0 Å². The number of ether oxygens (including phenoxy) is 1. The summed E-state index contributed by atoms with van der Waals surface area (Å²) in [6.45, 7) is 0.521. The van der Waals surface area contributed by atoms with Crippen LogP contribution in [-0.2, 0) is 4.79 Å². The quantitative estimate of drug-likeness (QED) is 0.627. The number of aliphatic carboxylic acids is 1. The van der Waals surface area contributed by atoms with Crippen molar-refractivity contribution in [2.45, 2.75) is 0 Å². The maximum Gasteiger partial charge on any atom is 0.328 e. The highest BCUT2D eigenvalue weighted by Gasteiger charge is 2.10. The van der Waals surface area contributed by atoms with Crippen LogP contribution in [0.2, 0.25) is 0 Å². The van der Waals surface area contributed by atoms with Crippen LogP contribution in [0, 0.1) is 0 Å². The summed E-state index contributed by atoms with van der Waals surface area (Å²) in [5, 5.41) is 8.51. The van der Waals surface area contributed by atoms with Crippen molar-refractivity contribution in [1.29, 1.82) is 0 Å². The van der Waals surface area contributed by atoms with Crippen LogP contribution in [0.1, 0.15) is 5.56 Å². The fraction of sp³-hybridized carbons (Fsp3) is 0.0455. The highest BCUT2D eigenvalue weighted by molar-refractivity contribution is 5.80. The van der Waals surface area contributed by atoms with Gasteiger partial charge in [0.1, 0.15) is 12.4 Å². The summed E-state index contributed by atoms with van der Waals surface area (Å²) >= 11 is 0. The van der Waals surface area contributed by atoms with Gasteiger partial charge in [0.05, 0.1) is 0 Å². The summed E-state index contributed by atoms with van der Waals surface area (Å²) in [4.78, 5) is 10.4. The molecule has 0 aliphatic carbocycles. The van der Waals surface area contributed by atoms with Crippen LogP contribution in [0.3, 0.4) is 0 Å². The number of carboxylic acid groups (broad SMARTS) is 1. The van der Waals surface area contributed by atoms with Gasteiger partial charge >= 0.3 is 5.97 Å². The maximum absolute atomic E-state index is 10.4. The number of carboxylic acids is 1. The monoisotopic (exact) mass is 330 g/mol. The zero-order chi connectivity index (χ0) is 17.5. The summed E-state index contributed by atoms with van der Waals surface area (Å²) in [5.74, 6) is -0.0698. The fourth-order valence-electron chi connectivity index (χ4n) is 2.55. The first-order valence-electron chi connectivity index (χ1n) is 7.99. The Morgan fingerprint density at radius 3 is 2.56 bits per heavy atom. The highest BCUT2D eigenvalue weighted by Crippen LogP contribution is 2.31. The van der Waals surface area contributed by atoms with Crippen molar-refractivity contribution in [2.24, 2.45) is 0 Å². The normalized spacial score (nSPS) is 13.8. The number of hydrogen-bond donors (Lipinski definition) is 1. The minimum Gasteiger partial charge on any atom is -0.488 e. The van der Waals surface area contributed by atoms with E-state index in [0.29, 0.717) is 6.61 Å². The summed E-state index contributed by atoms with van der Waals surface area (Å²) in [6, 6.07) is 16.4. The van der Waals surface area contributed by atoms with E-state index in [1.165, 1.54) is 11.6 Å². The second-order valence-corrected chi connectivity index (χ2v) is 5.57. The van der Waals surface area contributed by atoms with E-state index in [9.17, 15) is 4.79 Å². The molecule has 1 heterocycles. The molecule has 0 radical (unpaired) electrons. The van der Waals surface area contributed by atoms with E-state index in [1.807, 2.05) is 36.4 Å². The predicted octanol–water partition coefficient (Wildman–Crippen LogP) is 4.88. The van der Waals surface area contributed by atoms with Gasteiger partial charge in [0.25, 0.3) is 0 Å². The number of fused-ring (bicyclic) bond motifs is 1. The first-order valence-corrected chi connectivity index (χ1v) is 7.99. The fourth-order valence-corrected chi connectivity index (χ4v) is 2.55. The molecule has 1 N–H and O–H groups in total. The zero-order valence-corrected chi connectivity index (χ0v) is 13.6. The van der Waals surface area contributed by atoms with Crippen LogP contribution in [0.5, 0.6) is 5.75 Å². The van der Waals surface area contributed by atoms with Gasteiger partial charge in [0.2, 0.25) is 0 Å². The molecule has 3 heteroatoms. The van der Waals surface area contributed by atoms with Crippen LogP contribution in [0.25, 0.3) is 17.2 Å². The maximum atomic E-state index is 10.4. The third-order valence-electron chi connectivity index (χ3n) is 3.73. The molecule has 0 fully saturated rings. The molecule has 0 atom stereocenters. The van der Waals surface area contributed by atoms with Crippen molar-refractivity contribution in [3.63, 3.8) is 0 Å². The van der Waals surface area contributed by atoms with Crippen molar-refractivity contribution in [1.82, 2.24) is 0 Å². The Kier molecular flexibility index (Phi) is 5.27. The Labute approximate surface area is 146 Å². The van der Waals surface area contributed by atoms with Gasteiger partial charge in [0, 0.05) is 11.6 Å². The number of hydrogen-bond acceptors (Lipinski definition) is 2. The van der Waals surface area contributed by atoms with Crippen LogP contribution in [0.15, 0.2) is 90.6 Å².